The monoisotopic (exact) mass is 455 g/mol. The van der Waals surface area contributed by atoms with Gasteiger partial charge in [-0.3, -0.25) is 0 Å². The average molecular weight is 456 g/mol. The lowest BCUT2D eigenvalue weighted by atomic mass is 9.93. The number of aryl methyl sites for hydroxylation is 1. The summed E-state index contributed by atoms with van der Waals surface area (Å²) in [5.74, 6) is 0.154. The average Bonchev–Trinajstić information content (AvgIpc) is 3.10. The van der Waals surface area contributed by atoms with Crippen molar-refractivity contribution in [3.8, 4) is 0 Å². The molecule has 0 N–H and O–H groups in total. The van der Waals surface area contributed by atoms with Gasteiger partial charge < -0.3 is 9.64 Å². The van der Waals surface area contributed by atoms with Crippen molar-refractivity contribution in [3.63, 3.8) is 0 Å². The normalized spacial score (nSPS) is 15.8. The molecule has 0 aliphatic carbocycles. The van der Waals surface area contributed by atoms with Crippen molar-refractivity contribution in [2.24, 2.45) is 0 Å². The third-order valence-electron chi connectivity index (χ3n) is 5.71. The fourth-order valence-electron chi connectivity index (χ4n) is 4.05. The molecule has 0 radical (unpaired) electrons. The van der Waals surface area contributed by atoms with Gasteiger partial charge in [0.25, 0.3) is 10.0 Å². The third-order valence-corrected chi connectivity index (χ3v) is 7.37. The number of hydrogen-bond acceptors (Lipinski definition) is 5. The summed E-state index contributed by atoms with van der Waals surface area (Å²) >= 11 is 0. The van der Waals surface area contributed by atoms with Crippen LogP contribution in [0, 0.1) is 6.92 Å². The van der Waals surface area contributed by atoms with E-state index in [9.17, 15) is 13.2 Å². The molecular formula is C24H29N3O4S. The lowest BCUT2D eigenvalue weighted by Gasteiger charge is -2.33. The van der Waals surface area contributed by atoms with E-state index < -0.39 is 15.6 Å². The van der Waals surface area contributed by atoms with Gasteiger partial charge in [-0.15, -0.1) is 0 Å². The smallest absolute Gasteiger partial charge is 0.410 e. The van der Waals surface area contributed by atoms with Gasteiger partial charge in [0.05, 0.1) is 4.90 Å². The molecule has 1 aromatic carbocycles. The van der Waals surface area contributed by atoms with Crippen LogP contribution < -0.4 is 0 Å². The van der Waals surface area contributed by atoms with Crippen molar-refractivity contribution < 1.29 is 17.9 Å². The summed E-state index contributed by atoms with van der Waals surface area (Å²) in [4.78, 5) is 19.1. The predicted octanol–water partition coefficient (Wildman–Crippen LogP) is 4.70. The maximum Gasteiger partial charge on any atom is 0.410 e. The highest BCUT2D eigenvalue weighted by molar-refractivity contribution is 7.90. The number of nitrogens with zero attached hydrogens (tertiary/aromatic N) is 3. The van der Waals surface area contributed by atoms with Crippen molar-refractivity contribution in [1.29, 1.82) is 0 Å². The first-order valence-electron chi connectivity index (χ1n) is 10.8. The largest absolute Gasteiger partial charge is 0.444 e. The van der Waals surface area contributed by atoms with E-state index in [0.29, 0.717) is 18.7 Å². The van der Waals surface area contributed by atoms with E-state index in [2.05, 4.69) is 0 Å². The number of likely N-dealkylation sites (tertiary alicyclic amines) is 1. The molecule has 1 saturated heterocycles. The number of benzene rings is 1. The van der Waals surface area contributed by atoms with Crippen molar-refractivity contribution in [2.75, 3.05) is 13.1 Å². The highest BCUT2D eigenvalue weighted by Crippen LogP contribution is 2.31. The number of ether oxygens (including phenoxy) is 1. The molecule has 0 spiro atoms. The lowest BCUT2D eigenvalue weighted by molar-refractivity contribution is 0.0204. The van der Waals surface area contributed by atoms with Gasteiger partial charge in [0.2, 0.25) is 0 Å². The van der Waals surface area contributed by atoms with Gasteiger partial charge in [0.1, 0.15) is 5.60 Å². The first kappa shape index (κ1) is 22.3. The van der Waals surface area contributed by atoms with Gasteiger partial charge in [-0.2, -0.15) is 0 Å². The van der Waals surface area contributed by atoms with Gasteiger partial charge >= 0.3 is 6.09 Å². The molecule has 2 aromatic heterocycles. The first-order valence-corrected chi connectivity index (χ1v) is 12.3. The topological polar surface area (TPSA) is 81.5 Å². The zero-order valence-corrected chi connectivity index (χ0v) is 19.7. The van der Waals surface area contributed by atoms with Gasteiger partial charge in [-0.1, -0.05) is 18.2 Å². The molecule has 1 aliphatic heterocycles. The zero-order chi connectivity index (χ0) is 23.1. The molecule has 1 amide bonds. The second-order valence-electron chi connectivity index (χ2n) is 9.27. The molecule has 8 heteroatoms. The van der Waals surface area contributed by atoms with Gasteiger partial charge in [0, 0.05) is 36.3 Å². The fraction of sp³-hybridized carbons (Fsp3) is 0.417. The molecule has 4 rings (SSSR count). The summed E-state index contributed by atoms with van der Waals surface area (Å²) in [6.07, 6.45) is 2.85. The molecule has 0 saturated carbocycles. The number of hydrogen-bond donors (Lipinski definition) is 0. The molecule has 3 aromatic rings. The minimum Gasteiger partial charge on any atom is -0.444 e. The maximum absolute atomic E-state index is 13.2. The number of pyridine rings is 1. The van der Waals surface area contributed by atoms with Crippen LogP contribution in [0.5, 0.6) is 0 Å². The Labute approximate surface area is 189 Å². The van der Waals surface area contributed by atoms with E-state index >= 15 is 0 Å². The van der Waals surface area contributed by atoms with Gasteiger partial charge in [-0.25, -0.2) is 22.2 Å². The molecule has 0 bridgehead atoms. The SMILES string of the molecule is Cc1cn(S(=O)(=O)c2ccccc2)c2nc(C3CCN(C(=O)OC(C)(C)C)CC3)ccc12. The van der Waals surface area contributed by atoms with Crippen molar-refractivity contribution in [1.82, 2.24) is 13.9 Å². The molecule has 3 heterocycles. The number of carbonyl (C=O) groups excluding carboxylic acids is 1. The fourth-order valence-corrected chi connectivity index (χ4v) is 5.44. The Kier molecular flexibility index (Phi) is 5.75. The van der Waals surface area contributed by atoms with Gasteiger partial charge in [-0.05, 0) is 70.4 Å². The predicted molar refractivity (Wildman–Crippen MR) is 123 cm³/mol. The Morgan fingerprint density at radius 3 is 2.34 bits per heavy atom. The van der Waals surface area contributed by atoms with Crippen LogP contribution in [0.3, 0.4) is 0 Å². The van der Waals surface area contributed by atoms with Crippen LogP contribution in [0.15, 0.2) is 53.6 Å². The highest BCUT2D eigenvalue weighted by Gasteiger charge is 2.29. The Morgan fingerprint density at radius 2 is 1.72 bits per heavy atom. The minimum atomic E-state index is -3.74. The van der Waals surface area contributed by atoms with E-state index in [1.807, 2.05) is 39.8 Å². The Hall–Kier alpha value is -2.87. The van der Waals surface area contributed by atoms with E-state index in [4.69, 9.17) is 9.72 Å². The number of aromatic nitrogens is 2. The van der Waals surface area contributed by atoms with Crippen LogP contribution in [-0.4, -0.2) is 47.1 Å². The Balaban J connectivity index is 1.60. The van der Waals surface area contributed by atoms with Gasteiger partial charge in [0.15, 0.2) is 5.65 Å². The third kappa shape index (κ3) is 4.37. The van der Waals surface area contributed by atoms with Crippen LogP contribution in [0.1, 0.15) is 50.8 Å². The standard InChI is InChI=1S/C24H29N3O4S/c1-17-16-27(32(29,30)19-8-6-5-7-9-19)22-20(17)10-11-21(25-22)18-12-14-26(15-13-18)23(28)31-24(2,3)4/h5-11,16,18H,12-15H2,1-4H3. The summed E-state index contributed by atoms with van der Waals surface area (Å²) < 4.78 is 33.3. The maximum atomic E-state index is 13.2. The number of piperidine rings is 1. The zero-order valence-electron chi connectivity index (χ0n) is 18.9. The molecule has 170 valence electrons. The molecule has 0 atom stereocenters. The number of rotatable bonds is 3. The van der Waals surface area contributed by atoms with E-state index in [1.165, 1.54) is 3.97 Å². The van der Waals surface area contributed by atoms with Crippen molar-refractivity contribution in [3.05, 3.63) is 59.9 Å². The summed E-state index contributed by atoms with van der Waals surface area (Å²) in [5.41, 5.74) is 1.63. The minimum absolute atomic E-state index is 0.154. The van der Waals surface area contributed by atoms with Crippen LogP contribution in [0.25, 0.3) is 11.0 Å². The lowest BCUT2D eigenvalue weighted by Crippen LogP contribution is -2.41. The summed E-state index contributed by atoms with van der Waals surface area (Å²) in [6.45, 7) is 8.63. The van der Waals surface area contributed by atoms with Crippen LogP contribution >= 0.6 is 0 Å². The molecule has 1 aliphatic rings. The molecular weight excluding hydrogens is 426 g/mol. The molecule has 32 heavy (non-hydrogen) atoms. The number of amides is 1. The highest BCUT2D eigenvalue weighted by atomic mass is 32.2. The van der Waals surface area contributed by atoms with Crippen LogP contribution in [0.4, 0.5) is 4.79 Å². The quantitative estimate of drug-likeness (QED) is 0.572. The summed E-state index contributed by atoms with van der Waals surface area (Å²) in [7, 11) is -3.74. The van der Waals surface area contributed by atoms with E-state index in [0.717, 1.165) is 29.5 Å². The molecule has 1 fully saturated rings. The second kappa shape index (κ2) is 8.24. The summed E-state index contributed by atoms with van der Waals surface area (Å²) in [6, 6.07) is 12.3. The number of fused-ring (bicyclic) bond motifs is 1. The van der Waals surface area contributed by atoms with Crippen molar-refractivity contribution in [2.45, 2.75) is 57.0 Å². The van der Waals surface area contributed by atoms with Crippen molar-refractivity contribution >= 4 is 27.1 Å². The number of carbonyl (C=O) groups is 1. The molecule has 0 unspecified atom stereocenters. The Bertz CT molecular complexity index is 1240. The summed E-state index contributed by atoms with van der Waals surface area (Å²) in [5, 5.41) is 0.819. The van der Waals surface area contributed by atoms with Crippen LogP contribution in [0.2, 0.25) is 0 Å². The second-order valence-corrected chi connectivity index (χ2v) is 11.1. The van der Waals surface area contributed by atoms with E-state index in [-0.39, 0.29) is 16.9 Å². The van der Waals surface area contributed by atoms with E-state index in [1.54, 1.807) is 41.4 Å². The van der Waals surface area contributed by atoms with Crippen LogP contribution in [-0.2, 0) is 14.8 Å². The Morgan fingerprint density at radius 1 is 1.06 bits per heavy atom. The molecule has 7 nitrogen and oxygen atoms in total. The first-order chi connectivity index (χ1) is 15.1.